The second-order valence-corrected chi connectivity index (χ2v) is 9.90. The summed E-state index contributed by atoms with van der Waals surface area (Å²) in [5.41, 5.74) is 4.61. The molecular formula is C25H41N3O. The van der Waals surface area contributed by atoms with Gasteiger partial charge in [-0.1, -0.05) is 19.9 Å². The number of benzene rings is 1. The Bertz CT molecular complexity index is 653. The molecule has 3 aliphatic rings. The van der Waals surface area contributed by atoms with Gasteiger partial charge in [0, 0.05) is 57.1 Å². The van der Waals surface area contributed by atoms with Crippen LogP contribution in [0.25, 0.3) is 0 Å². The van der Waals surface area contributed by atoms with Crippen LogP contribution in [-0.4, -0.2) is 72.9 Å². The molecule has 2 aliphatic heterocycles. The summed E-state index contributed by atoms with van der Waals surface area (Å²) in [5, 5.41) is 9.59. The molecule has 0 unspecified atom stereocenters. The highest BCUT2D eigenvalue weighted by Crippen LogP contribution is 2.30. The maximum absolute atomic E-state index is 9.59. The van der Waals surface area contributed by atoms with Crippen molar-refractivity contribution < 1.29 is 5.11 Å². The molecule has 162 valence electrons. The van der Waals surface area contributed by atoms with Crippen molar-refractivity contribution in [2.45, 2.75) is 70.9 Å². The van der Waals surface area contributed by atoms with Crippen molar-refractivity contribution in [1.29, 1.82) is 0 Å². The molecule has 0 amide bonds. The van der Waals surface area contributed by atoms with E-state index in [2.05, 4.69) is 46.7 Å². The first-order valence-corrected chi connectivity index (χ1v) is 12.1. The standard InChI is InChI=1S/C25H41N3O/c1-20(2)8-12-27-15-16-28(19-25(27)11-17-29)23-9-13-26(14-10-23)24-7-6-21-4-3-5-22(21)18-24/h6-7,18,20,23,25,29H,3-5,8-17,19H2,1-2H3/t25-/m0/s1. The second-order valence-electron chi connectivity index (χ2n) is 9.90. The van der Waals surface area contributed by atoms with E-state index in [4.69, 9.17) is 0 Å². The SMILES string of the molecule is CC(C)CCN1CCN(C2CCN(c3ccc4c(c3)CCC4)CC2)C[C@@H]1CCO. The Morgan fingerprint density at radius 2 is 1.83 bits per heavy atom. The van der Waals surface area contributed by atoms with Crippen LogP contribution in [0.2, 0.25) is 0 Å². The van der Waals surface area contributed by atoms with E-state index in [0.29, 0.717) is 18.7 Å². The Morgan fingerprint density at radius 3 is 2.59 bits per heavy atom. The Hall–Kier alpha value is -1.10. The molecule has 0 aromatic heterocycles. The van der Waals surface area contributed by atoms with Crippen LogP contribution < -0.4 is 4.90 Å². The number of aliphatic hydroxyl groups is 1. The van der Waals surface area contributed by atoms with E-state index in [1.165, 1.54) is 76.9 Å². The van der Waals surface area contributed by atoms with E-state index in [1.54, 1.807) is 11.1 Å². The predicted molar refractivity (Wildman–Crippen MR) is 122 cm³/mol. The van der Waals surface area contributed by atoms with Crippen LogP contribution in [0, 0.1) is 5.92 Å². The fourth-order valence-corrected chi connectivity index (χ4v) is 5.63. The van der Waals surface area contributed by atoms with Crippen molar-refractivity contribution in [3.8, 4) is 0 Å². The van der Waals surface area contributed by atoms with Crippen molar-refractivity contribution >= 4 is 5.69 Å². The van der Waals surface area contributed by atoms with E-state index in [9.17, 15) is 5.11 Å². The average molecular weight is 400 g/mol. The van der Waals surface area contributed by atoms with E-state index in [0.717, 1.165) is 18.9 Å². The highest BCUT2D eigenvalue weighted by Gasteiger charge is 2.32. The Balaban J connectivity index is 1.30. The third kappa shape index (κ3) is 5.15. The molecule has 4 nitrogen and oxygen atoms in total. The molecule has 1 atom stereocenters. The molecule has 2 saturated heterocycles. The molecule has 0 radical (unpaired) electrons. The molecule has 0 bridgehead atoms. The van der Waals surface area contributed by atoms with Gasteiger partial charge in [-0.2, -0.15) is 0 Å². The van der Waals surface area contributed by atoms with E-state index in [1.807, 2.05) is 0 Å². The number of hydrogen-bond donors (Lipinski definition) is 1. The number of piperidine rings is 1. The first-order valence-electron chi connectivity index (χ1n) is 12.1. The summed E-state index contributed by atoms with van der Waals surface area (Å²) in [6, 6.07) is 8.44. The number of piperazine rings is 1. The molecule has 2 fully saturated rings. The normalized spacial score (nSPS) is 24.4. The Morgan fingerprint density at radius 1 is 1.03 bits per heavy atom. The van der Waals surface area contributed by atoms with Gasteiger partial charge in [0.25, 0.3) is 0 Å². The van der Waals surface area contributed by atoms with E-state index in [-0.39, 0.29) is 0 Å². The lowest BCUT2D eigenvalue weighted by atomic mass is 9.98. The first-order chi connectivity index (χ1) is 14.1. The van der Waals surface area contributed by atoms with Crippen molar-refractivity contribution in [3.63, 3.8) is 0 Å². The maximum atomic E-state index is 9.59. The van der Waals surface area contributed by atoms with Gasteiger partial charge in [-0.25, -0.2) is 0 Å². The number of rotatable bonds is 7. The van der Waals surface area contributed by atoms with Crippen molar-refractivity contribution in [3.05, 3.63) is 29.3 Å². The molecule has 1 N–H and O–H groups in total. The number of nitrogens with zero attached hydrogens (tertiary/aromatic N) is 3. The number of hydrogen-bond acceptors (Lipinski definition) is 4. The third-order valence-corrected chi connectivity index (χ3v) is 7.52. The third-order valence-electron chi connectivity index (χ3n) is 7.52. The summed E-state index contributed by atoms with van der Waals surface area (Å²) in [7, 11) is 0. The minimum absolute atomic E-state index is 0.313. The Kier molecular flexibility index (Phi) is 7.15. The van der Waals surface area contributed by atoms with Crippen LogP contribution in [0.5, 0.6) is 0 Å². The lowest BCUT2D eigenvalue weighted by Gasteiger charge is -2.47. The van der Waals surface area contributed by atoms with Gasteiger partial charge in [0.1, 0.15) is 0 Å². The molecule has 0 spiro atoms. The van der Waals surface area contributed by atoms with Gasteiger partial charge in [0.05, 0.1) is 0 Å². The zero-order valence-corrected chi connectivity index (χ0v) is 18.7. The van der Waals surface area contributed by atoms with Crippen LogP contribution in [0.1, 0.15) is 57.1 Å². The monoisotopic (exact) mass is 399 g/mol. The number of aliphatic hydroxyl groups excluding tert-OH is 1. The summed E-state index contributed by atoms with van der Waals surface area (Å²) >= 11 is 0. The topological polar surface area (TPSA) is 30.0 Å². The minimum Gasteiger partial charge on any atom is -0.396 e. The molecule has 1 aromatic rings. The zero-order valence-electron chi connectivity index (χ0n) is 18.7. The highest BCUT2D eigenvalue weighted by atomic mass is 16.3. The van der Waals surface area contributed by atoms with Gasteiger partial charge in [-0.3, -0.25) is 9.80 Å². The first kappa shape index (κ1) is 21.1. The predicted octanol–water partition coefficient (Wildman–Crippen LogP) is 3.56. The lowest BCUT2D eigenvalue weighted by molar-refractivity contribution is 0.0277. The van der Waals surface area contributed by atoms with Crippen LogP contribution in [0.3, 0.4) is 0 Å². The number of anilines is 1. The van der Waals surface area contributed by atoms with Crippen LogP contribution in [0.4, 0.5) is 5.69 Å². The average Bonchev–Trinajstić information content (AvgIpc) is 3.21. The summed E-state index contributed by atoms with van der Waals surface area (Å²) in [5.74, 6) is 0.756. The van der Waals surface area contributed by atoms with Crippen molar-refractivity contribution in [1.82, 2.24) is 9.80 Å². The van der Waals surface area contributed by atoms with Gasteiger partial charge in [-0.15, -0.1) is 0 Å². The molecule has 29 heavy (non-hydrogen) atoms. The molecule has 4 rings (SSSR count). The number of fused-ring (bicyclic) bond motifs is 1. The van der Waals surface area contributed by atoms with Crippen LogP contribution >= 0.6 is 0 Å². The van der Waals surface area contributed by atoms with Crippen molar-refractivity contribution in [2.75, 3.05) is 50.8 Å². The summed E-state index contributed by atoms with van der Waals surface area (Å²) in [4.78, 5) is 8.00. The van der Waals surface area contributed by atoms with Gasteiger partial charge in [0.15, 0.2) is 0 Å². The summed E-state index contributed by atoms with van der Waals surface area (Å²) in [6.07, 6.45) is 8.61. The van der Waals surface area contributed by atoms with Gasteiger partial charge >= 0.3 is 0 Å². The molecule has 1 aliphatic carbocycles. The lowest BCUT2D eigenvalue weighted by Crippen LogP contribution is -2.58. The summed E-state index contributed by atoms with van der Waals surface area (Å²) in [6.45, 7) is 12.0. The molecule has 0 saturated carbocycles. The second kappa shape index (κ2) is 9.80. The van der Waals surface area contributed by atoms with Gasteiger partial charge in [-0.05, 0) is 80.7 Å². The zero-order chi connectivity index (χ0) is 20.2. The molecular weight excluding hydrogens is 358 g/mol. The maximum Gasteiger partial charge on any atom is 0.0446 e. The fraction of sp³-hybridized carbons (Fsp3) is 0.760. The Labute approximate surface area is 177 Å². The van der Waals surface area contributed by atoms with Gasteiger partial charge in [0.2, 0.25) is 0 Å². The van der Waals surface area contributed by atoms with Crippen LogP contribution in [-0.2, 0) is 12.8 Å². The highest BCUT2D eigenvalue weighted by molar-refractivity contribution is 5.52. The smallest absolute Gasteiger partial charge is 0.0446 e. The van der Waals surface area contributed by atoms with E-state index < -0.39 is 0 Å². The van der Waals surface area contributed by atoms with Crippen LogP contribution in [0.15, 0.2) is 18.2 Å². The van der Waals surface area contributed by atoms with Gasteiger partial charge < -0.3 is 10.0 Å². The minimum atomic E-state index is 0.313. The number of aryl methyl sites for hydroxylation is 2. The largest absolute Gasteiger partial charge is 0.396 e. The molecule has 1 aromatic carbocycles. The quantitative estimate of drug-likeness (QED) is 0.759. The molecule has 2 heterocycles. The molecule has 4 heteroatoms. The summed E-state index contributed by atoms with van der Waals surface area (Å²) < 4.78 is 0. The van der Waals surface area contributed by atoms with Crippen molar-refractivity contribution in [2.24, 2.45) is 5.92 Å². The fourth-order valence-electron chi connectivity index (χ4n) is 5.63. The van der Waals surface area contributed by atoms with E-state index >= 15 is 0 Å².